The van der Waals surface area contributed by atoms with E-state index in [1.54, 1.807) is 0 Å². The van der Waals surface area contributed by atoms with Crippen LogP contribution in [0.5, 0.6) is 5.75 Å². The quantitative estimate of drug-likeness (QED) is 0.589. The minimum Gasteiger partial charge on any atom is -0.489 e. The summed E-state index contributed by atoms with van der Waals surface area (Å²) in [6.45, 7) is 6.17. The van der Waals surface area contributed by atoms with E-state index in [0.717, 1.165) is 33.3 Å². The van der Waals surface area contributed by atoms with Crippen molar-refractivity contribution in [1.29, 1.82) is 0 Å². The van der Waals surface area contributed by atoms with Crippen LogP contribution < -0.4 is 4.74 Å². The molecule has 0 saturated carbocycles. The average molecular weight is 409 g/mol. The number of hydrogen-bond acceptors (Lipinski definition) is 2. The standard InChI is InChI=1S/C20H23BrClNO/c1-2-15-9-10-23(12-15)13-17-11-18(21)5-8-20(17)24-14-16-3-6-19(22)7-4-16/h3-8,11,15H,2,9-10,12-14H2,1H3. The zero-order valence-corrected chi connectivity index (χ0v) is 16.3. The fraction of sp³-hybridized carbons (Fsp3) is 0.400. The maximum absolute atomic E-state index is 6.09. The van der Waals surface area contributed by atoms with Crippen molar-refractivity contribution < 1.29 is 4.74 Å². The van der Waals surface area contributed by atoms with Crippen molar-refractivity contribution >= 4 is 27.5 Å². The van der Waals surface area contributed by atoms with Crippen LogP contribution in [0.1, 0.15) is 30.9 Å². The van der Waals surface area contributed by atoms with Gasteiger partial charge in [-0.1, -0.05) is 53.0 Å². The van der Waals surface area contributed by atoms with Crippen molar-refractivity contribution in [2.75, 3.05) is 13.1 Å². The highest BCUT2D eigenvalue weighted by Gasteiger charge is 2.21. The SMILES string of the molecule is CCC1CCN(Cc2cc(Br)ccc2OCc2ccc(Cl)cc2)C1. The summed E-state index contributed by atoms with van der Waals surface area (Å²) < 4.78 is 7.19. The molecule has 2 nitrogen and oxygen atoms in total. The first kappa shape index (κ1) is 17.8. The highest BCUT2D eigenvalue weighted by Crippen LogP contribution is 2.28. The lowest BCUT2D eigenvalue weighted by molar-refractivity contribution is 0.281. The molecule has 0 aliphatic carbocycles. The summed E-state index contributed by atoms with van der Waals surface area (Å²) in [6.07, 6.45) is 2.58. The molecule has 0 N–H and O–H groups in total. The van der Waals surface area contributed by atoms with Gasteiger partial charge in [0.1, 0.15) is 12.4 Å². The van der Waals surface area contributed by atoms with Crippen LogP contribution in [0.15, 0.2) is 46.9 Å². The summed E-state index contributed by atoms with van der Waals surface area (Å²) >= 11 is 9.53. The third-order valence-corrected chi connectivity index (χ3v) is 5.42. The second-order valence-electron chi connectivity index (χ2n) is 6.47. The molecule has 0 bridgehead atoms. The molecule has 4 heteroatoms. The Kier molecular flexibility index (Phi) is 6.20. The summed E-state index contributed by atoms with van der Waals surface area (Å²) in [5.74, 6) is 1.81. The third-order valence-electron chi connectivity index (χ3n) is 4.67. The van der Waals surface area contributed by atoms with Crippen LogP contribution >= 0.6 is 27.5 Å². The van der Waals surface area contributed by atoms with E-state index in [-0.39, 0.29) is 0 Å². The maximum atomic E-state index is 6.09. The number of benzene rings is 2. The second kappa shape index (κ2) is 8.37. The lowest BCUT2D eigenvalue weighted by atomic mass is 10.1. The minimum atomic E-state index is 0.559. The average Bonchev–Trinajstić information content (AvgIpc) is 3.03. The molecule has 1 aliphatic rings. The van der Waals surface area contributed by atoms with Gasteiger partial charge in [0.05, 0.1) is 0 Å². The van der Waals surface area contributed by atoms with Crippen molar-refractivity contribution in [2.24, 2.45) is 5.92 Å². The number of nitrogens with zero attached hydrogens (tertiary/aromatic N) is 1. The monoisotopic (exact) mass is 407 g/mol. The maximum Gasteiger partial charge on any atom is 0.124 e. The summed E-state index contributed by atoms with van der Waals surface area (Å²) in [5.41, 5.74) is 2.37. The van der Waals surface area contributed by atoms with E-state index in [4.69, 9.17) is 16.3 Å². The predicted molar refractivity (Wildman–Crippen MR) is 104 cm³/mol. The number of rotatable bonds is 6. The topological polar surface area (TPSA) is 12.5 Å². The second-order valence-corrected chi connectivity index (χ2v) is 7.82. The zero-order chi connectivity index (χ0) is 16.9. The summed E-state index contributed by atoms with van der Waals surface area (Å²) in [4.78, 5) is 2.53. The molecule has 1 saturated heterocycles. The first-order valence-corrected chi connectivity index (χ1v) is 9.69. The fourth-order valence-corrected chi connectivity index (χ4v) is 3.72. The smallest absolute Gasteiger partial charge is 0.124 e. The van der Waals surface area contributed by atoms with Gasteiger partial charge in [-0.25, -0.2) is 0 Å². The van der Waals surface area contributed by atoms with E-state index in [1.165, 1.54) is 31.5 Å². The Labute approximate surface area is 157 Å². The third kappa shape index (κ3) is 4.75. The minimum absolute atomic E-state index is 0.559. The van der Waals surface area contributed by atoms with Crippen LogP contribution in [-0.2, 0) is 13.2 Å². The van der Waals surface area contributed by atoms with Gasteiger partial charge in [0.2, 0.25) is 0 Å². The van der Waals surface area contributed by atoms with Crippen molar-refractivity contribution in [3.8, 4) is 5.75 Å². The molecular formula is C20H23BrClNO. The molecule has 1 aliphatic heterocycles. The van der Waals surface area contributed by atoms with Gasteiger partial charge in [-0.15, -0.1) is 0 Å². The van der Waals surface area contributed by atoms with E-state index in [9.17, 15) is 0 Å². The first-order valence-electron chi connectivity index (χ1n) is 8.52. The highest BCUT2D eigenvalue weighted by atomic mass is 79.9. The molecule has 3 rings (SSSR count). The molecule has 0 amide bonds. The predicted octanol–water partition coefficient (Wildman–Crippen LogP) is 5.91. The largest absolute Gasteiger partial charge is 0.489 e. The summed E-state index contributed by atoms with van der Waals surface area (Å²) in [7, 11) is 0. The molecule has 0 aromatic heterocycles. The van der Waals surface area contributed by atoms with Crippen molar-refractivity contribution in [3.63, 3.8) is 0 Å². The zero-order valence-electron chi connectivity index (χ0n) is 14.0. The molecule has 2 aromatic carbocycles. The van der Waals surface area contributed by atoms with Gasteiger partial charge in [-0.05, 0) is 54.8 Å². The number of hydrogen-bond donors (Lipinski definition) is 0. The van der Waals surface area contributed by atoms with Crippen LogP contribution in [0.3, 0.4) is 0 Å². The van der Waals surface area contributed by atoms with Crippen molar-refractivity contribution in [1.82, 2.24) is 4.90 Å². The van der Waals surface area contributed by atoms with Gasteiger partial charge < -0.3 is 4.74 Å². The highest BCUT2D eigenvalue weighted by molar-refractivity contribution is 9.10. The van der Waals surface area contributed by atoms with Crippen molar-refractivity contribution in [3.05, 3.63) is 63.1 Å². The van der Waals surface area contributed by atoms with Crippen LogP contribution in [0, 0.1) is 5.92 Å². The van der Waals surface area contributed by atoms with E-state index in [1.807, 2.05) is 30.3 Å². The Balaban J connectivity index is 1.67. The summed E-state index contributed by atoms with van der Waals surface area (Å²) in [6, 6.07) is 14.1. The van der Waals surface area contributed by atoms with Crippen molar-refractivity contribution in [2.45, 2.75) is 32.9 Å². The molecule has 0 radical (unpaired) electrons. The molecule has 0 spiro atoms. The van der Waals surface area contributed by atoms with Gasteiger partial charge in [0, 0.05) is 28.1 Å². The first-order chi connectivity index (χ1) is 11.6. The molecule has 128 valence electrons. The number of likely N-dealkylation sites (tertiary alicyclic amines) is 1. The Hall–Kier alpha value is -1.03. The number of halogens is 2. The van der Waals surface area contributed by atoms with Crippen LogP contribution in [0.4, 0.5) is 0 Å². The Morgan fingerprint density at radius 2 is 2.00 bits per heavy atom. The van der Waals surface area contributed by atoms with E-state index in [0.29, 0.717) is 6.61 Å². The van der Waals surface area contributed by atoms with E-state index in [2.05, 4.69) is 39.9 Å². The molecule has 2 aromatic rings. The molecule has 1 heterocycles. The van der Waals surface area contributed by atoms with Gasteiger partial charge in [-0.3, -0.25) is 4.90 Å². The van der Waals surface area contributed by atoms with Crippen LogP contribution in [0.2, 0.25) is 5.02 Å². The molecule has 24 heavy (non-hydrogen) atoms. The van der Waals surface area contributed by atoms with Gasteiger partial charge in [0.15, 0.2) is 0 Å². The molecule has 1 atom stereocenters. The normalized spacial score (nSPS) is 18.0. The fourth-order valence-electron chi connectivity index (χ4n) is 3.18. The van der Waals surface area contributed by atoms with Gasteiger partial charge in [0.25, 0.3) is 0 Å². The van der Waals surface area contributed by atoms with Crippen LogP contribution in [-0.4, -0.2) is 18.0 Å². The molecule has 1 fully saturated rings. The summed E-state index contributed by atoms with van der Waals surface area (Å²) in [5, 5.41) is 0.752. The lowest BCUT2D eigenvalue weighted by Crippen LogP contribution is -2.20. The van der Waals surface area contributed by atoms with E-state index < -0.39 is 0 Å². The van der Waals surface area contributed by atoms with Gasteiger partial charge in [-0.2, -0.15) is 0 Å². The Bertz CT molecular complexity index is 674. The van der Waals surface area contributed by atoms with E-state index >= 15 is 0 Å². The number of ether oxygens (including phenoxy) is 1. The van der Waals surface area contributed by atoms with Crippen LogP contribution in [0.25, 0.3) is 0 Å². The van der Waals surface area contributed by atoms with Gasteiger partial charge >= 0.3 is 0 Å². The molecular weight excluding hydrogens is 386 g/mol. The lowest BCUT2D eigenvalue weighted by Gasteiger charge is -2.19. The Morgan fingerprint density at radius 1 is 1.21 bits per heavy atom. The Morgan fingerprint density at radius 3 is 2.71 bits per heavy atom. The molecule has 1 unspecified atom stereocenters.